The van der Waals surface area contributed by atoms with Crippen LogP contribution in [-0.4, -0.2) is 4.98 Å². The zero-order valence-corrected chi connectivity index (χ0v) is 12.8. The molecule has 0 fully saturated rings. The van der Waals surface area contributed by atoms with Gasteiger partial charge in [0.05, 0.1) is 5.52 Å². The second-order valence-electron chi connectivity index (χ2n) is 5.51. The Morgan fingerprint density at radius 1 is 0.952 bits per heavy atom. The van der Waals surface area contributed by atoms with Gasteiger partial charge in [0.1, 0.15) is 0 Å². The molecule has 0 unspecified atom stereocenters. The van der Waals surface area contributed by atoms with E-state index in [0.29, 0.717) is 0 Å². The summed E-state index contributed by atoms with van der Waals surface area (Å²) < 4.78 is 0. The molecule has 1 aromatic heterocycles. The first kappa shape index (κ1) is 13.6. The Morgan fingerprint density at radius 3 is 2.57 bits per heavy atom. The number of nitrogens with zero attached hydrogens (tertiary/aromatic N) is 1. The van der Waals surface area contributed by atoms with E-state index < -0.39 is 0 Å². The van der Waals surface area contributed by atoms with Crippen LogP contribution < -0.4 is 5.32 Å². The van der Waals surface area contributed by atoms with Crippen molar-refractivity contribution < 1.29 is 0 Å². The minimum atomic E-state index is 1.03. The lowest BCUT2D eigenvalue weighted by molar-refractivity contribution is 1.14. The standard InChI is InChI=1S/C19H20N2/c1-4-15-6-8-18-16(12-15)19(9-10-20-18)21-17-7-5-13(2)11-14(17)3/h5-12H,4H2,1-3H3,(H,20,21). The molecule has 0 spiro atoms. The van der Waals surface area contributed by atoms with E-state index in [1.807, 2.05) is 12.3 Å². The van der Waals surface area contributed by atoms with Gasteiger partial charge in [-0.05, 0) is 55.7 Å². The molecule has 0 amide bonds. The van der Waals surface area contributed by atoms with Crippen molar-refractivity contribution in [1.29, 1.82) is 0 Å². The largest absolute Gasteiger partial charge is 0.355 e. The van der Waals surface area contributed by atoms with Crippen molar-refractivity contribution in [3.8, 4) is 0 Å². The molecule has 0 bridgehead atoms. The molecule has 2 aromatic carbocycles. The maximum atomic E-state index is 4.46. The van der Waals surface area contributed by atoms with Crippen LogP contribution in [0.25, 0.3) is 10.9 Å². The summed E-state index contributed by atoms with van der Waals surface area (Å²) in [5, 5.41) is 4.73. The molecule has 3 rings (SSSR count). The SMILES string of the molecule is CCc1ccc2nccc(Nc3ccc(C)cc3C)c2c1. The van der Waals surface area contributed by atoms with Crippen LogP contribution in [0.4, 0.5) is 11.4 Å². The molecule has 0 aliphatic carbocycles. The van der Waals surface area contributed by atoms with Gasteiger partial charge in [-0.2, -0.15) is 0 Å². The van der Waals surface area contributed by atoms with Crippen molar-refractivity contribution in [2.45, 2.75) is 27.2 Å². The summed E-state index contributed by atoms with van der Waals surface area (Å²) >= 11 is 0. The van der Waals surface area contributed by atoms with Gasteiger partial charge in [0.25, 0.3) is 0 Å². The monoisotopic (exact) mass is 276 g/mol. The quantitative estimate of drug-likeness (QED) is 0.715. The fourth-order valence-electron chi connectivity index (χ4n) is 2.62. The number of hydrogen-bond acceptors (Lipinski definition) is 2. The van der Waals surface area contributed by atoms with Gasteiger partial charge in [0.2, 0.25) is 0 Å². The molecule has 0 saturated carbocycles. The summed E-state index contributed by atoms with van der Waals surface area (Å²) in [4.78, 5) is 4.46. The van der Waals surface area contributed by atoms with Crippen LogP contribution in [0.2, 0.25) is 0 Å². The number of benzene rings is 2. The second-order valence-corrected chi connectivity index (χ2v) is 5.51. The number of nitrogens with one attached hydrogen (secondary N) is 1. The third kappa shape index (κ3) is 2.75. The summed E-state index contributed by atoms with van der Waals surface area (Å²) in [6, 6.07) is 15.0. The van der Waals surface area contributed by atoms with Gasteiger partial charge in [-0.1, -0.05) is 30.7 Å². The molecule has 0 atom stereocenters. The van der Waals surface area contributed by atoms with E-state index in [1.54, 1.807) is 0 Å². The molecule has 0 saturated heterocycles. The van der Waals surface area contributed by atoms with Crippen LogP contribution in [0.15, 0.2) is 48.7 Å². The van der Waals surface area contributed by atoms with E-state index >= 15 is 0 Å². The van der Waals surface area contributed by atoms with Crippen LogP contribution in [0.5, 0.6) is 0 Å². The lowest BCUT2D eigenvalue weighted by atomic mass is 10.1. The van der Waals surface area contributed by atoms with Crippen molar-refractivity contribution in [2.75, 3.05) is 5.32 Å². The second kappa shape index (κ2) is 5.57. The fraction of sp³-hybridized carbons (Fsp3) is 0.211. The van der Waals surface area contributed by atoms with Crippen LogP contribution >= 0.6 is 0 Å². The van der Waals surface area contributed by atoms with Crippen LogP contribution in [-0.2, 0) is 6.42 Å². The van der Waals surface area contributed by atoms with E-state index in [2.05, 4.69) is 67.5 Å². The first-order valence-corrected chi connectivity index (χ1v) is 7.39. The first-order chi connectivity index (χ1) is 10.2. The van der Waals surface area contributed by atoms with Gasteiger partial charge in [-0.15, -0.1) is 0 Å². The lowest BCUT2D eigenvalue weighted by Gasteiger charge is -2.13. The maximum Gasteiger partial charge on any atom is 0.0723 e. The molecule has 106 valence electrons. The van der Waals surface area contributed by atoms with E-state index in [-0.39, 0.29) is 0 Å². The Hall–Kier alpha value is -2.35. The maximum absolute atomic E-state index is 4.46. The number of aryl methyl sites for hydroxylation is 3. The molecular weight excluding hydrogens is 256 g/mol. The van der Waals surface area contributed by atoms with Crippen molar-refractivity contribution >= 4 is 22.3 Å². The van der Waals surface area contributed by atoms with Gasteiger partial charge in [-0.25, -0.2) is 0 Å². The van der Waals surface area contributed by atoms with Gasteiger partial charge in [0, 0.05) is 23.0 Å². The first-order valence-electron chi connectivity index (χ1n) is 7.39. The smallest absolute Gasteiger partial charge is 0.0723 e. The van der Waals surface area contributed by atoms with E-state index in [4.69, 9.17) is 0 Å². The average molecular weight is 276 g/mol. The van der Waals surface area contributed by atoms with Crippen LogP contribution in [0.1, 0.15) is 23.6 Å². The van der Waals surface area contributed by atoms with Gasteiger partial charge >= 0.3 is 0 Å². The highest BCUT2D eigenvalue weighted by atomic mass is 14.9. The minimum absolute atomic E-state index is 1.03. The van der Waals surface area contributed by atoms with Crippen LogP contribution in [0, 0.1) is 13.8 Å². The number of hydrogen-bond donors (Lipinski definition) is 1. The predicted molar refractivity (Wildman–Crippen MR) is 90.3 cm³/mol. The Morgan fingerprint density at radius 2 is 1.81 bits per heavy atom. The number of anilines is 2. The summed E-state index contributed by atoms with van der Waals surface area (Å²) in [6.45, 7) is 6.43. The van der Waals surface area contributed by atoms with Crippen molar-refractivity contribution in [1.82, 2.24) is 4.98 Å². The molecule has 21 heavy (non-hydrogen) atoms. The summed E-state index contributed by atoms with van der Waals surface area (Å²) in [5.74, 6) is 0. The van der Waals surface area contributed by atoms with Gasteiger partial charge in [-0.3, -0.25) is 4.98 Å². The average Bonchev–Trinajstić information content (AvgIpc) is 2.50. The topological polar surface area (TPSA) is 24.9 Å². The van der Waals surface area contributed by atoms with Crippen LogP contribution in [0.3, 0.4) is 0 Å². The molecular formula is C19H20N2. The van der Waals surface area contributed by atoms with Gasteiger partial charge < -0.3 is 5.32 Å². The minimum Gasteiger partial charge on any atom is -0.355 e. The molecule has 0 aliphatic heterocycles. The highest BCUT2D eigenvalue weighted by molar-refractivity contribution is 5.93. The molecule has 0 aliphatic rings. The molecule has 2 heteroatoms. The zero-order valence-electron chi connectivity index (χ0n) is 12.8. The number of fused-ring (bicyclic) bond motifs is 1. The van der Waals surface area contributed by atoms with Crippen molar-refractivity contribution in [3.63, 3.8) is 0 Å². The summed E-state index contributed by atoms with van der Waals surface area (Å²) in [5.41, 5.74) is 7.16. The molecule has 0 radical (unpaired) electrons. The van der Waals surface area contributed by atoms with Gasteiger partial charge in [0.15, 0.2) is 0 Å². The van der Waals surface area contributed by atoms with E-state index in [0.717, 1.165) is 23.3 Å². The third-order valence-corrected chi connectivity index (χ3v) is 3.87. The zero-order chi connectivity index (χ0) is 14.8. The summed E-state index contributed by atoms with van der Waals surface area (Å²) in [7, 11) is 0. The Balaban J connectivity index is 2.07. The van der Waals surface area contributed by atoms with E-state index in [1.165, 1.54) is 22.1 Å². The Bertz CT molecular complexity index is 791. The van der Waals surface area contributed by atoms with Crippen molar-refractivity contribution in [3.05, 3.63) is 65.4 Å². The highest BCUT2D eigenvalue weighted by Crippen LogP contribution is 2.28. The number of rotatable bonds is 3. The third-order valence-electron chi connectivity index (χ3n) is 3.87. The number of pyridine rings is 1. The highest BCUT2D eigenvalue weighted by Gasteiger charge is 2.05. The normalized spacial score (nSPS) is 10.8. The number of aromatic nitrogens is 1. The Labute approximate surface area is 125 Å². The predicted octanol–water partition coefficient (Wildman–Crippen LogP) is 5.16. The molecule has 1 heterocycles. The molecule has 3 aromatic rings. The fourth-order valence-corrected chi connectivity index (χ4v) is 2.62. The molecule has 1 N–H and O–H groups in total. The molecule has 2 nitrogen and oxygen atoms in total. The Kier molecular flexibility index (Phi) is 3.61. The summed E-state index contributed by atoms with van der Waals surface area (Å²) in [6.07, 6.45) is 2.90. The van der Waals surface area contributed by atoms with E-state index in [9.17, 15) is 0 Å². The van der Waals surface area contributed by atoms with Crippen molar-refractivity contribution in [2.24, 2.45) is 0 Å². The lowest BCUT2D eigenvalue weighted by Crippen LogP contribution is -1.96.